The fourth-order valence-corrected chi connectivity index (χ4v) is 2.04. The Morgan fingerprint density at radius 1 is 1.41 bits per heavy atom. The monoisotopic (exact) mass is 239 g/mol. The van der Waals surface area contributed by atoms with Gasteiger partial charge in [-0.15, -0.1) is 0 Å². The van der Waals surface area contributed by atoms with Crippen molar-refractivity contribution < 1.29 is 19.0 Å². The molecule has 1 aromatic heterocycles. The van der Waals surface area contributed by atoms with Gasteiger partial charge in [-0.2, -0.15) is 0 Å². The second-order valence-electron chi connectivity index (χ2n) is 4.22. The van der Waals surface area contributed by atoms with Gasteiger partial charge < -0.3 is 9.84 Å². The summed E-state index contributed by atoms with van der Waals surface area (Å²) in [5.41, 5.74) is 0. The molecule has 0 aliphatic heterocycles. The van der Waals surface area contributed by atoms with Gasteiger partial charge in [-0.25, -0.2) is 9.37 Å². The van der Waals surface area contributed by atoms with E-state index in [0.29, 0.717) is 25.7 Å². The number of aliphatic carboxylic acids is 1. The van der Waals surface area contributed by atoms with Gasteiger partial charge in [0.05, 0.1) is 5.92 Å². The van der Waals surface area contributed by atoms with Gasteiger partial charge in [0.2, 0.25) is 0 Å². The van der Waals surface area contributed by atoms with Gasteiger partial charge in [0.1, 0.15) is 6.10 Å². The maximum Gasteiger partial charge on any atom is 0.306 e. The number of aromatic nitrogens is 1. The average Bonchev–Trinajstić information content (AvgIpc) is 2.33. The van der Waals surface area contributed by atoms with Crippen LogP contribution in [0.4, 0.5) is 4.39 Å². The van der Waals surface area contributed by atoms with E-state index in [4.69, 9.17) is 9.84 Å². The van der Waals surface area contributed by atoms with Crippen LogP contribution < -0.4 is 4.74 Å². The number of ether oxygens (including phenoxy) is 1. The van der Waals surface area contributed by atoms with E-state index in [1.807, 2.05) is 0 Å². The van der Waals surface area contributed by atoms with Crippen molar-refractivity contribution in [3.8, 4) is 5.88 Å². The van der Waals surface area contributed by atoms with Crippen molar-refractivity contribution in [3.63, 3.8) is 0 Å². The molecular weight excluding hydrogens is 225 g/mol. The number of carbonyl (C=O) groups is 1. The van der Waals surface area contributed by atoms with Crippen LogP contribution in [-0.4, -0.2) is 22.2 Å². The minimum absolute atomic E-state index is 0.00581. The van der Waals surface area contributed by atoms with E-state index in [0.717, 1.165) is 0 Å². The van der Waals surface area contributed by atoms with E-state index in [-0.39, 0.29) is 17.9 Å². The third-order valence-corrected chi connectivity index (χ3v) is 3.03. The van der Waals surface area contributed by atoms with Crippen molar-refractivity contribution >= 4 is 5.97 Å². The summed E-state index contributed by atoms with van der Waals surface area (Å²) in [6.45, 7) is 0. The summed E-state index contributed by atoms with van der Waals surface area (Å²) in [7, 11) is 0. The summed E-state index contributed by atoms with van der Waals surface area (Å²) in [5, 5.41) is 8.85. The van der Waals surface area contributed by atoms with E-state index >= 15 is 0 Å². The molecule has 0 unspecified atom stereocenters. The Bertz CT molecular complexity index is 402. The van der Waals surface area contributed by atoms with Gasteiger partial charge in [-0.05, 0) is 37.8 Å². The zero-order valence-corrected chi connectivity index (χ0v) is 9.30. The lowest BCUT2D eigenvalue weighted by atomic mass is 9.87. The first-order valence-corrected chi connectivity index (χ1v) is 5.67. The summed E-state index contributed by atoms with van der Waals surface area (Å²) in [6, 6.07) is 2.80. The van der Waals surface area contributed by atoms with E-state index in [1.54, 1.807) is 0 Å². The number of rotatable bonds is 3. The van der Waals surface area contributed by atoms with Crippen LogP contribution in [0.25, 0.3) is 0 Å². The first kappa shape index (κ1) is 11.8. The highest BCUT2D eigenvalue weighted by Gasteiger charge is 2.27. The molecule has 92 valence electrons. The molecule has 4 nitrogen and oxygen atoms in total. The number of halogens is 1. The van der Waals surface area contributed by atoms with Crippen LogP contribution >= 0.6 is 0 Å². The third kappa shape index (κ3) is 2.93. The standard InChI is InChI=1S/C12H14FNO3/c13-10-2-1-7-14-11(10)17-9-5-3-8(4-6-9)12(15)16/h1-2,7-9H,3-6H2,(H,15,16)/t8-,9+. The lowest BCUT2D eigenvalue weighted by molar-refractivity contribution is -0.143. The summed E-state index contributed by atoms with van der Waals surface area (Å²) >= 11 is 0. The van der Waals surface area contributed by atoms with Crippen LogP contribution in [0.2, 0.25) is 0 Å². The number of carboxylic acids is 1. The lowest BCUT2D eigenvalue weighted by Gasteiger charge is -2.26. The van der Waals surface area contributed by atoms with Crippen LogP contribution in [0.1, 0.15) is 25.7 Å². The van der Waals surface area contributed by atoms with Crippen LogP contribution in [0.15, 0.2) is 18.3 Å². The van der Waals surface area contributed by atoms with Crippen LogP contribution in [0.5, 0.6) is 5.88 Å². The highest BCUT2D eigenvalue weighted by molar-refractivity contribution is 5.70. The van der Waals surface area contributed by atoms with Crippen molar-refractivity contribution in [2.75, 3.05) is 0 Å². The van der Waals surface area contributed by atoms with E-state index in [2.05, 4.69) is 4.98 Å². The van der Waals surface area contributed by atoms with Gasteiger partial charge in [0.25, 0.3) is 5.88 Å². The molecule has 0 atom stereocenters. The normalized spacial score (nSPS) is 24.3. The van der Waals surface area contributed by atoms with Crippen molar-refractivity contribution in [2.45, 2.75) is 31.8 Å². The zero-order chi connectivity index (χ0) is 12.3. The second kappa shape index (κ2) is 5.12. The molecule has 0 amide bonds. The Morgan fingerprint density at radius 3 is 2.71 bits per heavy atom. The number of pyridine rings is 1. The third-order valence-electron chi connectivity index (χ3n) is 3.03. The fraction of sp³-hybridized carbons (Fsp3) is 0.500. The molecule has 0 radical (unpaired) electrons. The van der Waals surface area contributed by atoms with Crippen molar-refractivity contribution in [1.82, 2.24) is 4.98 Å². The summed E-state index contributed by atoms with van der Waals surface area (Å²) in [6.07, 6.45) is 3.76. The molecule has 1 N–H and O–H groups in total. The topological polar surface area (TPSA) is 59.4 Å². The molecule has 17 heavy (non-hydrogen) atoms. The molecule has 0 bridgehead atoms. The maximum atomic E-state index is 13.3. The Morgan fingerprint density at radius 2 is 2.12 bits per heavy atom. The average molecular weight is 239 g/mol. The van der Waals surface area contributed by atoms with Gasteiger partial charge in [0.15, 0.2) is 5.82 Å². The minimum Gasteiger partial charge on any atom is -0.481 e. The van der Waals surface area contributed by atoms with Crippen LogP contribution in [-0.2, 0) is 4.79 Å². The molecule has 1 fully saturated rings. The molecule has 0 aromatic carbocycles. The molecule has 5 heteroatoms. The fourth-order valence-electron chi connectivity index (χ4n) is 2.04. The summed E-state index contributed by atoms with van der Waals surface area (Å²) in [4.78, 5) is 14.6. The van der Waals surface area contributed by atoms with Crippen molar-refractivity contribution in [1.29, 1.82) is 0 Å². The number of hydrogen-bond acceptors (Lipinski definition) is 3. The van der Waals surface area contributed by atoms with E-state index in [9.17, 15) is 9.18 Å². The quantitative estimate of drug-likeness (QED) is 0.878. The maximum absolute atomic E-state index is 13.3. The van der Waals surface area contributed by atoms with Gasteiger partial charge >= 0.3 is 5.97 Å². The molecular formula is C12H14FNO3. The Labute approximate surface area is 98.4 Å². The largest absolute Gasteiger partial charge is 0.481 e. The van der Waals surface area contributed by atoms with Gasteiger partial charge in [-0.1, -0.05) is 0 Å². The predicted molar refractivity (Wildman–Crippen MR) is 58.2 cm³/mol. The molecule has 1 aromatic rings. The number of nitrogens with zero attached hydrogens (tertiary/aromatic N) is 1. The highest BCUT2D eigenvalue weighted by atomic mass is 19.1. The molecule has 0 spiro atoms. The minimum atomic E-state index is -0.757. The van der Waals surface area contributed by atoms with Gasteiger partial charge in [-0.3, -0.25) is 4.79 Å². The van der Waals surface area contributed by atoms with Crippen molar-refractivity contribution in [3.05, 3.63) is 24.1 Å². The summed E-state index contributed by atoms with van der Waals surface area (Å²) in [5.74, 6) is -1.52. The molecule has 0 saturated heterocycles. The Kier molecular flexibility index (Phi) is 3.56. The first-order valence-electron chi connectivity index (χ1n) is 5.67. The Balaban J connectivity index is 1.90. The highest BCUT2D eigenvalue weighted by Crippen LogP contribution is 2.27. The van der Waals surface area contributed by atoms with E-state index < -0.39 is 11.8 Å². The summed E-state index contributed by atoms with van der Waals surface area (Å²) < 4.78 is 18.7. The Hall–Kier alpha value is -1.65. The molecule has 2 rings (SSSR count). The van der Waals surface area contributed by atoms with Crippen LogP contribution in [0, 0.1) is 11.7 Å². The SMILES string of the molecule is O=C(O)[C@H]1CC[C@@H](Oc2ncccc2F)CC1. The molecule has 1 aliphatic carbocycles. The number of hydrogen-bond donors (Lipinski definition) is 1. The molecule has 1 heterocycles. The van der Waals surface area contributed by atoms with Crippen molar-refractivity contribution in [2.24, 2.45) is 5.92 Å². The van der Waals surface area contributed by atoms with Crippen LogP contribution in [0.3, 0.4) is 0 Å². The lowest BCUT2D eigenvalue weighted by Crippen LogP contribution is -2.28. The second-order valence-corrected chi connectivity index (χ2v) is 4.22. The smallest absolute Gasteiger partial charge is 0.306 e. The number of carboxylic acid groups (broad SMARTS) is 1. The molecule has 1 saturated carbocycles. The zero-order valence-electron chi connectivity index (χ0n) is 9.30. The van der Waals surface area contributed by atoms with E-state index in [1.165, 1.54) is 18.3 Å². The van der Waals surface area contributed by atoms with Gasteiger partial charge in [0, 0.05) is 6.20 Å². The molecule has 1 aliphatic rings. The predicted octanol–water partition coefficient (Wildman–Crippen LogP) is 2.24. The first-order chi connectivity index (χ1) is 8.16.